The first kappa shape index (κ1) is 16.6. The van der Waals surface area contributed by atoms with Gasteiger partial charge in [0.1, 0.15) is 0 Å². The Balaban J connectivity index is 1.31. The highest BCUT2D eigenvalue weighted by Crippen LogP contribution is 2.20. The number of thioether (sulfide) groups is 1. The van der Waals surface area contributed by atoms with Gasteiger partial charge in [0, 0.05) is 63.0 Å². The first-order valence-electron chi connectivity index (χ1n) is 8.51. The molecule has 0 bridgehead atoms. The quantitative estimate of drug-likeness (QED) is 0.808. The number of hydrogen-bond acceptors (Lipinski definition) is 5. The van der Waals surface area contributed by atoms with Crippen LogP contribution in [0.5, 0.6) is 0 Å². The van der Waals surface area contributed by atoms with E-state index in [1.54, 1.807) is 10.9 Å². The molecule has 0 aromatic carbocycles. The van der Waals surface area contributed by atoms with Crippen molar-refractivity contribution in [1.29, 1.82) is 0 Å². The Labute approximate surface area is 141 Å². The molecule has 0 atom stereocenters. The predicted octanol–water partition coefficient (Wildman–Crippen LogP) is 0.891. The van der Waals surface area contributed by atoms with Gasteiger partial charge in [0.15, 0.2) is 0 Å². The molecule has 0 radical (unpaired) electrons. The number of amides is 2. The van der Waals surface area contributed by atoms with Crippen LogP contribution in [-0.2, 0) is 6.54 Å². The van der Waals surface area contributed by atoms with E-state index >= 15 is 0 Å². The van der Waals surface area contributed by atoms with Gasteiger partial charge in [-0.25, -0.2) is 4.79 Å². The molecule has 2 fully saturated rings. The minimum absolute atomic E-state index is 0.0799. The van der Waals surface area contributed by atoms with E-state index in [1.807, 2.05) is 11.1 Å². The van der Waals surface area contributed by atoms with Crippen molar-refractivity contribution in [2.75, 3.05) is 44.2 Å². The molecule has 2 aliphatic rings. The van der Waals surface area contributed by atoms with Crippen molar-refractivity contribution in [3.8, 4) is 0 Å². The van der Waals surface area contributed by atoms with E-state index in [0.717, 1.165) is 38.9 Å². The van der Waals surface area contributed by atoms with E-state index in [1.165, 1.54) is 24.6 Å². The van der Waals surface area contributed by atoms with E-state index in [2.05, 4.69) is 32.3 Å². The van der Waals surface area contributed by atoms with E-state index in [9.17, 15) is 4.79 Å². The third-order valence-corrected chi connectivity index (χ3v) is 5.57. The Hall–Kier alpha value is -1.28. The minimum atomic E-state index is 0.0799. The zero-order valence-electron chi connectivity index (χ0n) is 13.6. The van der Waals surface area contributed by atoms with E-state index in [0.29, 0.717) is 12.6 Å². The van der Waals surface area contributed by atoms with Crippen molar-refractivity contribution in [1.82, 2.24) is 30.1 Å². The molecule has 128 valence electrons. The predicted molar refractivity (Wildman–Crippen MR) is 91.5 cm³/mol. The number of hydrogen-bond donors (Lipinski definition) is 1. The van der Waals surface area contributed by atoms with Crippen LogP contribution < -0.4 is 5.32 Å². The second-order valence-electron chi connectivity index (χ2n) is 6.12. The summed E-state index contributed by atoms with van der Waals surface area (Å²) >= 11 is 2.05. The summed E-state index contributed by atoms with van der Waals surface area (Å²) in [7, 11) is 0. The Morgan fingerprint density at radius 3 is 2.70 bits per heavy atom. The van der Waals surface area contributed by atoms with Gasteiger partial charge < -0.3 is 10.2 Å². The van der Waals surface area contributed by atoms with Gasteiger partial charge in [-0.3, -0.25) is 9.58 Å². The van der Waals surface area contributed by atoms with Crippen LogP contribution in [0.4, 0.5) is 4.79 Å². The van der Waals surface area contributed by atoms with Gasteiger partial charge in [-0.2, -0.15) is 11.8 Å². The molecule has 0 spiro atoms. The van der Waals surface area contributed by atoms with Gasteiger partial charge in [0.05, 0.1) is 6.20 Å². The molecule has 3 heterocycles. The summed E-state index contributed by atoms with van der Waals surface area (Å²) in [6, 6.07) is 0.753. The first-order valence-corrected chi connectivity index (χ1v) is 9.67. The van der Waals surface area contributed by atoms with Crippen molar-refractivity contribution in [3.63, 3.8) is 0 Å². The van der Waals surface area contributed by atoms with Crippen LogP contribution in [0.1, 0.15) is 19.3 Å². The minimum Gasteiger partial charge on any atom is -0.338 e. The topological polar surface area (TPSA) is 66.3 Å². The SMILES string of the molecule is O=C(NCCCn1ccnn1)N1CCC(N2CCSCC2)CC1. The largest absolute Gasteiger partial charge is 0.338 e. The average molecular weight is 338 g/mol. The monoisotopic (exact) mass is 338 g/mol. The zero-order valence-corrected chi connectivity index (χ0v) is 14.4. The molecule has 1 aromatic rings. The lowest BCUT2D eigenvalue weighted by molar-refractivity contribution is 0.124. The number of nitrogens with zero attached hydrogens (tertiary/aromatic N) is 5. The third-order valence-electron chi connectivity index (χ3n) is 4.63. The second-order valence-corrected chi connectivity index (χ2v) is 7.34. The summed E-state index contributed by atoms with van der Waals surface area (Å²) in [4.78, 5) is 16.8. The fourth-order valence-corrected chi connectivity index (χ4v) is 4.21. The number of nitrogens with one attached hydrogen (secondary N) is 1. The lowest BCUT2D eigenvalue weighted by Crippen LogP contribution is -2.51. The maximum absolute atomic E-state index is 12.2. The highest BCUT2D eigenvalue weighted by molar-refractivity contribution is 7.99. The highest BCUT2D eigenvalue weighted by Gasteiger charge is 2.27. The highest BCUT2D eigenvalue weighted by atomic mass is 32.2. The van der Waals surface area contributed by atoms with Crippen LogP contribution in [-0.4, -0.2) is 81.1 Å². The normalized spacial score (nSPS) is 20.6. The number of aromatic nitrogens is 3. The smallest absolute Gasteiger partial charge is 0.317 e. The fraction of sp³-hybridized carbons (Fsp3) is 0.800. The van der Waals surface area contributed by atoms with Crippen molar-refractivity contribution in [2.24, 2.45) is 0 Å². The van der Waals surface area contributed by atoms with E-state index < -0.39 is 0 Å². The molecule has 23 heavy (non-hydrogen) atoms. The molecule has 0 saturated carbocycles. The summed E-state index contributed by atoms with van der Waals surface area (Å²) in [5.74, 6) is 2.51. The summed E-state index contributed by atoms with van der Waals surface area (Å²) in [5, 5.41) is 10.7. The molecule has 0 unspecified atom stereocenters. The molecule has 3 rings (SSSR count). The molecule has 2 saturated heterocycles. The molecule has 8 heteroatoms. The number of aryl methyl sites for hydroxylation is 1. The summed E-state index contributed by atoms with van der Waals surface area (Å²) in [5.41, 5.74) is 0. The maximum Gasteiger partial charge on any atom is 0.317 e. The number of likely N-dealkylation sites (tertiary alicyclic amines) is 1. The standard InChI is InChI=1S/C15H26N6OS/c22-15(16-4-1-6-21-9-5-17-18-21)20-7-2-14(3-8-20)19-10-12-23-13-11-19/h5,9,14H,1-4,6-8,10-13H2,(H,16,22). The fourth-order valence-electron chi connectivity index (χ4n) is 3.28. The van der Waals surface area contributed by atoms with Gasteiger partial charge in [-0.05, 0) is 19.3 Å². The Morgan fingerprint density at radius 2 is 2.00 bits per heavy atom. The van der Waals surface area contributed by atoms with Crippen molar-refractivity contribution >= 4 is 17.8 Å². The van der Waals surface area contributed by atoms with E-state index in [4.69, 9.17) is 0 Å². The van der Waals surface area contributed by atoms with Crippen molar-refractivity contribution < 1.29 is 4.79 Å². The number of urea groups is 1. The second kappa shape index (κ2) is 8.54. The zero-order chi connectivity index (χ0) is 15.9. The molecule has 2 amide bonds. The Kier molecular flexibility index (Phi) is 6.15. The van der Waals surface area contributed by atoms with Crippen LogP contribution >= 0.6 is 11.8 Å². The van der Waals surface area contributed by atoms with Crippen LogP contribution in [0.3, 0.4) is 0 Å². The van der Waals surface area contributed by atoms with Gasteiger partial charge in [0.25, 0.3) is 0 Å². The lowest BCUT2D eigenvalue weighted by Gasteiger charge is -2.40. The molecule has 1 aromatic heterocycles. The van der Waals surface area contributed by atoms with Crippen LogP contribution in [0, 0.1) is 0 Å². The van der Waals surface area contributed by atoms with Gasteiger partial charge >= 0.3 is 6.03 Å². The van der Waals surface area contributed by atoms with Crippen LogP contribution in [0.25, 0.3) is 0 Å². The number of carbonyl (C=O) groups is 1. The maximum atomic E-state index is 12.2. The van der Waals surface area contributed by atoms with Gasteiger partial charge in [-0.15, -0.1) is 5.10 Å². The summed E-state index contributed by atoms with van der Waals surface area (Å²) < 4.78 is 1.79. The lowest BCUT2D eigenvalue weighted by atomic mass is 10.0. The first-order chi connectivity index (χ1) is 11.3. The van der Waals surface area contributed by atoms with Crippen molar-refractivity contribution in [3.05, 3.63) is 12.4 Å². The molecule has 2 aliphatic heterocycles. The van der Waals surface area contributed by atoms with Crippen LogP contribution in [0.15, 0.2) is 12.4 Å². The number of piperidine rings is 1. The number of carbonyl (C=O) groups excluding carboxylic acids is 1. The van der Waals surface area contributed by atoms with Gasteiger partial charge in [0.2, 0.25) is 0 Å². The third kappa shape index (κ3) is 4.84. The Bertz CT molecular complexity index is 468. The van der Waals surface area contributed by atoms with Gasteiger partial charge in [-0.1, -0.05) is 5.21 Å². The average Bonchev–Trinajstić information content (AvgIpc) is 3.13. The van der Waals surface area contributed by atoms with Crippen LogP contribution in [0.2, 0.25) is 0 Å². The molecular formula is C15H26N6OS. The molecule has 0 aliphatic carbocycles. The van der Waals surface area contributed by atoms with Crippen molar-refractivity contribution in [2.45, 2.75) is 31.8 Å². The Morgan fingerprint density at radius 1 is 1.22 bits per heavy atom. The molecule has 7 nitrogen and oxygen atoms in total. The molecule has 1 N–H and O–H groups in total. The number of rotatable bonds is 5. The summed E-state index contributed by atoms with van der Waals surface area (Å²) in [6.07, 6.45) is 6.60. The summed E-state index contributed by atoms with van der Waals surface area (Å²) in [6.45, 7) is 5.65. The molecular weight excluding hydrogens is 312 g/mol. The van der Waals surface area contributed by atoms with E-state index in [-0.39, 0.29) is 6.03 Å².